The predicted octanol–water partition coefficient (Wildman–Crippen LogP) is 1.23. The molecule has 8 heteroatoms. The lowest BCUT2D eigenvalue weighted by Crippen LogP contribution is -2.33. The zero-order chi connectivity index (χ0) is 18.6. The molecule has 0 heterocycles. The number of ether oxygens (including phenoxy) is 1. The summed E-state index contributed by atoms with van der Waals surface area (Å²) >= 11 is 0. The second-order valence-corrected chi connectivity index (χ2v) is 8.67. The van der Waals surface area contributed by atoms with Gasteiger partial charge < -0.3 is 15.2 Å². The molecule has 7 nitrogen and oxygen atoms in total. The summed E-state index contributed by atoms with van der Waals surface area (Å²) in [6.07, 6.45) is 3.13. The van der Waals surface area contributed by atoms with Gasteiger partial charge in [0.2, 0.25) is 10.0 Å². The van der Waals surface area contributed by atoms with E-state index in [1.165, 1.54) is 33.3 Å². The van der Waals surface area contributed by atoms with Gasteiger partial charge in [0.05, 0.1) is 13.2 Å². The van der Waals surface area contributed by atoms with Crippen LogP contribution in [0.1, 0.15) is 36.0 Å². The van der Waals surface area contributed by atoms with Crippen LogP contribution in [0.25, 0.3) is 0 Å². The normalized spacial score (nSPS) is 21.2. The van der Waals surface area contributed by atoms with E-state index >= 15 is 0 Å². The topological polar surface area (TPSA) is 95.9 Å². The van der Waals surface area contributed by atoms with Crippen LogP contribution in [0.3, 0.4) is 0 Å². The maximum atomic E-state index is 12.4. The third-order valence-electron chi connectivity index (χ3n) is 4.49. The number of methoxy groups -OCH3 is 1. The first kappa shape index (κ1) is 19.7. The molecule has 0 radical (unpaired) electrons. The molecular formula is C17H26N2O5S. The van der Waals surface area contributed by atoms with Gasteiger partial charge in [-0.15, -0.1) is 0 Å². The summed E-state index contributed by atoms with van der Waals surface area (Å²) in [4.78, 5) is 12.4. The second kappa shape index (κ2) is 8.16. The van der Waals surface area contributed by atoms with Crippen molar-refractivity contribution in [3.8, 4) is 5.75 Å². The Morgan fingerprint density at radius 2 is 2.08 bits per heavy atom. The Kier molecular flexibility index (Phi) is 6.42. The Balaban J connectivity index is 2.15. The number of hydrogen-bond donors (Lipinski definition) is 2. The predicted molar refractivity (Wildman–Crippen MR) is 94.2 cm³/mol. The monoisotopic (exact) mass is 370 g/mol. The molecule has 1 saturated carbocycles. The number of carbonyl (C=O) groups is 1. The molecule has 0 unspecified atom stereocenters. The van der Waals surface area contributed by atoms with Gasteiger partial charge in [-0.3, -0.25) is 4.79 Å². The smallest absolute Gasteiger partial charge is 0.251 e. The largest absolute Gasteiger partial charge is 0.495 e. The van der Waals surface area contributed by atoms with E-state index in [1.807, 2.05) is 0 Å². The van der Waals surface area contributed by atoms with Gasteiger partial charge in [-0.1, -0.05) is 6.42 Å². The number of nitrogens with one attached hydrogen (secondary N) is 1. The third-order valence-corrected chi connectivity index (χ3v) is 6.33. The molecule has 0 bridgehead atoms. The van der Waals surface area contributed by atoms with E-state index in [0.29, 0.717) is 13.0 Å². The first-order valence-electron chi connectivity index (χ1n) is 8.32. The lowest BCUT2D eigenvalue weighted by molar-refractivity contribution is 0.0873. The van der Waals surface area contributed by atoms with Crippen LogP contribution < -0.4 is 10.1 Å². The van der Waals surface area contributed by atoms with E-state index in [-0.39, 0.29) is 34.1 Å². The lowest BCUT2D eigenvalue weighted by atomic mass is 9.87. The van der Waals surface area contributed by atoms with E-state index in [4.69, 9.17) is 4.74 Å². The summed E-state index contributed by atoms with van der Waals surface area (Å²) in [5, 5.41) is 12.5. The number of hydrogen-bond acceptors (Lipinski definition) is 5. The summed E-state index contributed by atoms with van der Waals surface area (Å²) in [7, 11) is 0.517. The minimum atomic E-state index is -3.72. The molecule has 2 N–H and O–H groups in total. The van der Waals surface area contributed by atoms with Gasteiger partial charge in [-0.05, 0) is 43.4 Å². The number of nitrogens with zero attached hydrogens (tertiary/aromatic N) is 1. The molecule has 2 atom stereocenters. The van der Waals surface area contributed by atoms with Crippen molar-refractivity contribution in [1.29, 1.82) is 0 Å². The van der Waals surface area contributed by atoms with Gasteiger partial charge in [-0.2, -0.15) is 0 Å². The van der Waals surface area contributed by atoms with Crippen LogP contribution >= 0.6 is 0 Å². The van der Waals surface area contributed by atoms with Gasteiger partial charge in [0.15, 0.2) is 0 Å². The molecule has 1 amide bonds. The Morgan fingerprint density at radius 1 is 1.36 bits per heavy atom. The quantitative estimate of drug-likeness (QED) is 0.785. The van der Waals surface area contributed by atoms with Crippen molar-refractivity contribution in [3.63, 3.8) is 0 Å². The van der Waals surface area contributed by atoms with Crippen molar-refractivity contribution < 1.29 is 23.1 Å². The summed E-state index contributed by atoms with van der Waals surface area (Å²) in [5.41, 5.74) is 0.262. The fraction of sp³-hybridized carbons (Fsp3) is 0.588. The van der Waals surface area contributed by atoms with Crippen LogP contribution in [-0.4, -0.2) is 57.6 Å². The molecule has 140 valence electrons. The van der Waals surface area contributed by atoms with Crippen LogP contribution in [0, 0.1) is 5.92 Å². The first-order chi connectivity index (χ1) is 11.8. The number of aliphatic hydroxyl groups excluding tert-OH is 1. The lowest BCUT2D eigenvalue weighted by Gasteiger charge is -2.26. The van der Waals surface area contributed by atoms with Crippen LogP contribution in [-0.2, 0) is 10.0 Å². The summed E-state index contributed by atoms with van der Waals surface area (Å²) in [6, 6.07) is 4.35. The number of carbonyl (C=O) groups excluding carboxylic acids is 1. The minimum absolute atomic E-state index is 0.0410. The number of benzene rings is 1. The van der Waals surface area contributed by atoms with Crippen molar-refractivity contribution >= 4 is 15.9 Å². The summed E-state index contributed by atoms with van der Waals surface area (Å²) in [6.45, 7) is 0.470. The fourth-order valence-corrected chi connectivity index (χ4v) is 4.08. The Hall–Kier alpha value is -1.64. The summed E-state index contributed by atoms with van der Waals surface area (Å²) < 4.78 is 31.0. The van der Waals surface area contributed by atoms with Gasteiger partial charge in [0.25, 0.3) is 5.91 Å². The Labute approximate surface area is 149 Å². The van der Waals surface area contributed by atoms with Crippen LogP contribution in [0.5, 0.6) is 5.75 Å². The van der Waals surface area contributed by atoms with Crippen molar-refractivity contribution in [2.45, 2.75) is 36.7 Å². The van der Waals surface area contributed by atoms with Crippen molar-refractivity contribution in [2.75, 3.05) is 27.7 Å². The van der Waals surface area contributed by atoms with E-state index in [2.05, 4.69) is 5.32 Å². The molecule has 0 aliphatic heterocycles. The third kappa shape index (κ3) is 4.71. The van der Waals surface area contributed by atoms with Gasteiger partial charge in [0, 0.05) is 26.2 Å². The highest BCUT2D eigenvalue weighted by molar-refractivity contribution is 7.89. The second-order valence-electron chi connectivity index (χ2n) is 6.55. The first-order valence-corrected chi connectivity index (χ1v) is 9.76. The molecule has 1 aromatic rings. The molecule has 2 rings (SSSR count). The van der Waals surface area contributed by atoms with Crippen LogP contribution in [0.2, 0.25) is 0 Å². The number of amides is 1. The van der Waals surface area contributed by atoms with Crippen LogP contribution in [0.15, 0.2) is 23.1 Å². The van der Waals surface area contributed by atoms with Crippen molar-refractivity contribution in [1.82, 2.24) is 9.62 Å². The molecule has 0 spiro atoms. The van der Waals surface area contributed by atoms with Gasteiger partial charge in [-0.25, -0.2) is 12.7 Å². The molecule has 1 fully saturated rings. The molecule has 1 aliphatic rings. The van der Waals surface area contributed by atoms with E-state index in [0.717, 1.165) is 23.6 Å². The maximum Gasteiger partial charge on any atom is 0.251 e. The molecule has 1 aromatic carbocycles. The SMILES string of the molecule is COc1ccc(C(=O)NC[C@H]2CCC[C@H](O)C2)cc1S(=O)(=O)N(C)C. The molecular weight excluding hydrogens is 344 g/mol. The summed E-state index contributed by atoms with van der Waals surface area (Å²) in [5.74, 6) is 0.106. The van der Waals surface area contributed by atoms with E-state index in [9.17, 15) is 18.3 Å². The van der Waals surface area contributed by atoms with Crippen LogP contribution in [0.4, 0.5) is 0 Å². The van der Waals surface area contributed by atoms with Crippen molar-refractivity contribution in [3.05, 3.63) is 23.8 Å². The van der Waals surface area contributed by atoms with E-state index in [1.54, 1.807) is 6.07 Å². The average Bonchev–Trinajstić information content (AvgIpc) is 2.59. The van der Waals surface area contributed by atoms with Crippen molar-refractivity contribution in [2.24, 2.45) is 5.92 Å². The standard InChI is InChI=1S/C17H26N2O5S/c1-19(2)25(22,23)16-10-13(7-8-15(16)24-3)17(21)18-11-12-5-4-6-14(20)9-12/h7-8,10,12,14,20H,4-6,9,11H2,1-3H3,(H,18,21)/t12-,14-/m0/s1. The highest BCUT2D eigenvalue weighted by atomic mass is 32.2. The highest BCUT2D eigenvalue weighted by Gasteiger charge is 2.25. The van der Waals surface area contributed by atoms with Gasteiger partial charge >= 0.3 is 0 Å². The minimum Gasteiger partial charge on any atom is -0.495 e. The Bertz CT molecular complexity index is 718. The zero-order valence-corrected chi connectivity index (χ0v) is 15.7. The number of sulfonamides is 1. The van der Waals surface area contributed by atoms with Gasteiger partial charge in [0.1, 0.15) is 10.6 Å². The molecule has 0 aromatic heterocycles. The average molecular weight is 370 g/mol. The Morgan fingerprint density at radius 3 is 2.68 bits per heavy atom. The maximum absolute atomic E-state index is 12.4. The highest BCUT2D eigenvalue weighted by Crippen LogP contribution is 2.27. The number of rotatable bonds is 6. The van der Waals surface area contributed by atoms with E-state index < -0.39 is 10.0 Å². The molecule has 25 heavy (non-hydrogen) atoms. The molecule has 1 aliphatic carbocycles. The number of aliphatic hydroxyl groups is 1. The zero-order valence-electron chi connectivity index (χ0n) is 14.9. The fourth-order valence-electron chi connectivity index (χ4n) is 3.00. The molecule has 0 saturated heterocycles.